The number of anilines is 1. The topological polar surface area (TPSA) is 38.0 Å². The Hall–Kier alpha value is -0.610. The van der Waals surface area contributed by atoms with Gasteiger partial charge >= 0.3 is 0 Å². The van der Waals surface area contributed by atoms with Crippen molar-refractivity contribution in [3.05, 3.63) is 28.0 Å². The van der Waals surface area contributed by atoms with Crippen LogP contribution < -0.4 is 11.1 Å². The highest BCUT2D eigenvalue weighted by molar-refractivity contribution is 9.10. The fraction of sp³-hybridized carbons (Fsp3) is 0.333. The Morgan fingerprint density at radius 2 is 2.23 bits per heavy atom. The van der Waals surface area contributed by atoms with E-state index in [0.29, 0.717) is 23.2 Å². The first-order chi connectivity index (χ1) is 6.20. The molecule has 0 unspecified atom stereocenters. The first-order valence-corrected chi connectivity index (χ1v) is 4.90. The average molecular weight is 247 g/mol. The molecule has 0 amide bonds. The number of rotatable bonds is 3. The van der Waals surface area contributed by atoms with Crippen LogP contribution in [0.15, 0.2) is 16.6 Å². The second kappa shape index (κ2) is 4.58. The van der Waals surface area contributed by atoms with Gasteiger partial charge in [-0.3, -0.25) is 0 Å². The van der Waals surface area contributed by atoms with Gasteiger partial charge in [0.2, 0.25) is 0 Å². The lowest BCUT2D eigenvalue weighted by molar-refractivity contribution is 0.621. The minimum Gasteiger partial charge on any atom is -0.383 e. The molecule has 1 aromatic carbocycles. The predicted octanol–water partition coefficient (Wildman–Crippen LogP) is 2.48. The molecule has 3 N–H and O–H groups in total. The highest BCUT2D eigenvalue weighted by Gasteiger charge is 2.08. The molecule has 0 spiro atoms. The van der Waals surface area contributed by atoms with Gasteiger partial charge in [0, 0.05) is 13.1 Å². The van der Waals surface area contributed by atoms with E-state index in [2.05, 4.69) is 21.2 Å². The zero-order valence-electron chi connectivity index (χ0n) is 7.40. The molecule has 1 rings (SSSR count). The molecule has 1 aromatic rings. The molecule has 0 aromatic heterocycles. The van der Waals surface area contributed by atoms with Crippen molar-refractivity contribution < 1.29 is 4.39 Å². The van der Waals surface area contributed by atoms with Crippen LogP contribution in [0.2, 0.25) is 0 Å². The maximum absolute atomic E-state index is 13.5. The van der Waals surface area contributed by atoms with E-state index in [-0.39, 0.29) is 5.82 Å². The summed E-state index contributed by atoms with van der Waals surface area (Å²) in [6, 6.07) is 3.51. The first-order valence-electron chi connectivity index (χ1n) is 4.11. The van der Waals surface area contributed by atoms with Crippen molar-refractivity contribution in [2.45, 2.75) is 13.5 Å². The molecule has 0 aliphatic carbocycles. The van der Waals surface area contributed by atoms with Gasteiger partial charge in [0.25, 0.3) is 0 Å². The zero-order valence-corrected chi connectivity index (χ0v) is 8.99. The van der Waals surface area contributed by atoms with Gasteiger partial charge in [0.05, 0.1) is 10.2 Å². The third-order valence-electron chi connectivity index (χ3n) is 1.75. The van der Waals surface area contributed by atoms with E-state index in [0.717, 1.165) is 5.56 Å². The maximum Gasteiger partial charge on any atom is 0.160 e. The van der Waals surface area contributed by atoms with Crippen LogP contribution in [0.3, 0.4) is 0 Å². The number of nitrogens with one attached hydrogen (secondary N) is 1. The van der Waals surface area contributed by atoms with Crippen LogP contribution in [0.4, 0.5) is 10.1 Å². The minimum absolute atomic E-state index is 0.273. The minimum atomic E-state index is -0.273. The molecule has 0 heterocycles. The van der Waals surface area contributed by atoms with Crippen molar-refractivity contribution >= 4 is 21.6 Å². The van der Waals surface area contributed by atoms with Crippen LogP contribution in [-0.2, 0) is 6.54 Å². The normalized spacial score (nSPS) is 10.2. The molecule has 0 fully saturated rings. The molecule has 0 saturated heterocycles. The van der Waals surface area contributed by atoms with Crippen LogP contribution in [0.5, 0.6) is 0 Å². The lowest BCUT2D eigenvalue weighted by Crippen LogP contribution is -2.03. The number of nitrogens with two attached hydrogens (primary N) is 1. The van der Waals surface area contributed by atoms with Crippen LogP contribution in [-0.4, -0.2) is 6.54 Å². The SMILES string of the molecule is CCNc1ccc(CN)c(Br)c1F. The smallest absolute Gasteiger partial charge is 0.160 e. The lowest BCUT2D eigenvalue weighted by Gasteiger charge is -2.08. The van der Waals surface area contributed by atoms with Crippen molar-refractivity contribution in [1.82, 2.24) is 0 Å². The summed E-state index contributed by atoms with van der Waals surface area (Å²) in [4.78, 5) is 0. The maximum atomic E-state index is 13.5. The monoisotopic (exact) mass is 246 g/mol. The van der Waals surface area contributed by atoms with E-state index >= 15 is 0 Å². The average Bonchev–Trinajstić information content (AvgIpc) is 2.14. The summed E-state index contributed by atoms with van der Waals surface area (Å²) in [6.45, 7) is 2.96. The summed E-state index contributed by atoms with van der Waals surface area (Å²) in [5, 5.41) is 2.92. The molecule has 0 aliphatic rings. The Morgan fingerprint density at radius 1 is 1.54 bits per heavy atom. The van der Waals surface area contributed by atoms with Gasteiger partial charge in [-0.05, 0) is 34.5 Å². The highest BCUT2D eigenvalue weighted by atomic mass is 79.9. The van der Waals surface area contributed by atoms with E-state index in [9.17, 15) is 4.39 Å². The summed E-state index contributed by atoms with van der Waals surface area (Å²) in [5.74, 6) is -0.273. The van der Waals surface area contributed by atoms with Gasteiger partial charge in [-0.25, -0.2) is 4.39 Å². The Morgan fingerprint density at radius 3 is 2.77 bits per heavy atom. The summed E-state index contributed by atoms with van der Waals surface area (Å²) < 4.78 is 13.9. The van der Waals surface area contributed by atoms with E-state index < -0.39 is 0 Å². The first kappa shape index (κ1) is 10.5. The van der Waals surface area contributed by atoms with Gasteiger partial charge in [-0.1, -0.05) is 6.07 Å². The van der Waals surface area contributed by atoms with E-state index in [1.54, 1.807) is 6.07 Å². The molecule has 2 nitrogen and oxygen atoms in total. The van der Waals surface area contributed by atoms with Crippen molar-refractivity contribution in [2.75, 3.05) is 11.9 Å². The Bertz CT molecular complexity index is 302. The summed E-state index contributed by atoms with van der Waals surface area (Å²) in [6.07, 6.45) is 0. The largest absolute Gasteiger partial charge is 0.383 e. The quantitative estimate of drug-likeness (QED) is 0.861. The molecule has 72 valence electrons. The van der Waals surface area contributed by atoms with Gasteiger partial charge in [0.15, 0.2) is 5.82 Å². The number of benzene rings is 1. The highest BCUT2D eigenvalue weighted by Crippen LogP contribution is 2.26. The van der Waals surface area contributed by atoms with Gasteiger partial charge < -0.3 is 11.1 Å². The third-order valence-corrected chi connectivity index (χ3v) is 2.61. The number of hydrogen-bond donors (Lipinski definition) is 2. The van der Waals surface area contributed by atoms with Crippen LogP contribution in [0.1, 0.15) is 12.5 Å². The molecular formula is C9H12BrFN2. The third kappa shape index (κ3) is 2.19. The molecule has 0 bridgehead atoms. The molecular weight excluding hydrogens is 235 g/mol. The van der Waals surface area contributed by atoms with Crippen molar-refractivity contribution in [3.63, 3.8) is 0 Å². The molecule has 4 heteroatoms. The Balaban J connectivity index is 3.07. The van der Waals surface area contributed by atoms with Gasteiger partial charge in [-0.15, -0.1) is 0 Å². The van der Waals surface area contributed by atoms with E-state index in [1.807, 2.05) is 13.0 Å². The van der Waals surface area contributed by atoms with Crippen molar-refractivity contribution in [1.29, 1.82) is 0 Å². The Kier molecular flexibility index (Phi) is 3.69. The van der Waals surface area contributed by atoms with Gasteiger partial charge in [-0.2, -0.15) is 0 Å². The molecule has 0 radical (unpaired) electrons. The molecule has 0 saturated carbocycles. The number of hydrogen-bond acceptors (Lipinski definition) is 2. The lowest BCUT2D eigenvalue weighted by atomic mass is 10.2. The van der Waals surface area contributed by atoms with Crippen molar-refractivity contribution in [2.24, 2.45) is 5.73 Å². The van der Waals surface area contributed by atoms with Crippen LogP contribution in [0.25, 0.3) is 0 Å². The summed E-state index contributed by atoms with van der Waals surface area (Å²) >= 11 is 3.17. The zero-order chi connectivity index (χ0) is 9.84. The van der Waals surface area contributed by atoms with E-state index in [4.69, 9.17) is 5.73 Å². The summed E-state index contributed by atoms with van der Waals surface area (Å²) in [5.41, 5.74) is 6.71. The predicted molar refractivity (Wildman–Crippen MR) is 56.2 cm³/mol. The second-order valence-corrected chi connectivity index (χ2v) is 3.43. The van der Waals surface area contributed by atoms with Crippen LogP contribution >= 0.6 is 15.9 Å². The summed E-state index contributed by atoms with van der Waals surface area (Å²) in [7, 11) is 0. The van der Waals surface area contributed by atoms with E-state index in [1.165, 1.54) is 0 Å². The second-order valence-electron chi connectivity index (χ2n) is 2.63. The number of halogens is 2. The fourth-order valence-electron chi connectivity index (χ4n) is 1.07. The van der Waals surface area contributed by atoms with Gasteiger partial charge in [0.1, 0.15) is 0 Å². The fourth-order valence-corrected chi connectivity index (χ4v) is 1.58. The van der Waals surface area contributed by atoms with Crippen molar-refractivity contribution in [3.8, 4) is 0 Å². The standard InChI is InChI=1S/C9H12BrFN2/c1-2-13-7-4-3-6(5-12)8(10)9(7)11/h3-4,13H,2,5,12H2,1H3. The molecule has 0 atom stereocenters. The Labute approximate surface area is 85.4 Å². The molecule has 0 aliphatic heterocycles. The van der Waals surface area contributed by atoms with Crippen LogP contribution in [0, 0.1) is 5.82 Å². The molecule has 13 heavy (non-hydrogen) atoms.